The van der Waals surface area contributed by atoms with Gasteiger partial charge in [-0.1, -0.05) is 30.3 Å². The van der Waals surface area contributed by atoms with Gasteiger partial charge in [-0.05, 0) is 30.2 Å². The molecular formula is C18H24N4. The van der Waals surface area contributed by atoms with Crippen molar-refractivity contribution in [3.63, 3.8) is 0 Å². The third kappa shape index (κ3) is 2.75. The minimum Gasteiger partial charge on any atom is -0.379 e. The van der Waals surface area contributed by atoms with Crippen molar-refractivity contribution in [2.75, 3.05) is 18.4 Å². The largest absolute Gasteiger partial charge is 0.379 e. The number of likely N-dealkylation sites (tertiary alicyclic amines) is 1. The molecule has 0 unspecified atom stereocenters. The predicted octanol–water partition coefficient (Wildman–Crippen LogP) is 2.74. The molecule has 0 radical (unpaired) electrons. The highest BCUT2D eigenvalue weighted by atomic mass is 15.3. The Morgan fingerprint density at radius 1 is 1.18 bits per heavy atom. The summed E-state index contributed by atoms with van der Waals surface area (Å²) < 4.78 is 1.87. The molecule has 0 spiro atoms. The molecule has 4 nitrogen and oxygen atoms in total. The van der Waals surface area contributed by atoms with Crippen molar-refractivity contribution in [1.82, 2.24) is 14.7 Å². The second-order valence-corrected chi connectivity index (χ2v) is 6.83. The summed E-state index contributed by atoms with van der Waals surface area (Å²) in [6.07, 6.45) is 6.66. The van der Waals surface area contributed by atoms with Crippen LogP contribution in [-0.4, -0.2) is 33.8 Å². The minimum atomic E-state index is 0.606. The predicted molar refractivity (Wildman–Crippen MR) is 88.6 cm³/mol. The van der Waals surface area contributed by atoms with Crippen LogP contribution >= 0.6 is 0 Å². The quantitative estimate of drug-likeness (QED) is 0.942. The topological polar surface area (TPSA) is 33.1 Å². The van der Waals surface area contributed by atoms with Crippen molar-refractivity contribution >= 4 is 5.69 Å². The Bertz CT molecular complexity index is 621. The van der Waals surface area contributed by atoms with E-state index in [1.54, 1.807) is 0 Å². The van der Waals surface area contributed by atoms with Crippen molar-refractivity contribution < 1.29 is 0 Å². The number of benzene rings is 1. The summed E-state index contributed by atoms with van der Waals surface area (Å²) in [4.78, 5) is 2.63. The molecular weight excluding hydrogens is 272 g/mol. The fraction of sp³-hybridized carbons (Fsp3) is 0.500. The molecule has 1 saturated heterocycles. The van der Waals surface area contributed by atoms with Gasteiger partial charge in [0.25, 0.3) is 0 Å². The lowest BCUT2D eigenvalue weighted by atomic mass is 9.98. The molecule has 4 rings (SSSR count). The fourth-order valence-electron chi connectivity index (χ4n) is 4.22. The molecule has 116 valence electrons. The van der Waals surface area contributed by atoms with E-state index < -0.39 is 0 Å². The van der Waals surface area contributed by atoms with E-state index in [4.69, 9.17) is 0 Å². The highest BCUT2D eigenvalue weighted by Gasteiger charge is 2.42. The number of nitrogens with one attached hydrogen (secondary N) is 1. The molecule has 2 aliphatic rings. The van der Waals surface area contributed by atoms with E-state index in [-0.39, 0.29) is 0 Å². The number of nitrogens with zero attached hydrogens (tertiary/aromatic N) is 3. The molecule has 2 aromatic rings. The first kappa shape index (κ1) is 13.8. The van der Waals surface area contributed by atoms with Gasteiger partial charge in [-0.25, -0.2) is 0 Å². The van der Waals surface area contributed by atoms with Crippen molar-refractivity contribution in [1.29, 1.82) is 0 Å². The maximum Gasteiger partial charge on any atom is 0.0728 e. The third-order valence-electron chi connectivity index (χ3n) is 5.24. The van der Waals surface area contributed by atoms with Crippen LogP contribution in [0.3, 0.4) is 0 Å². The number of hydrogen-bond donors (Lipinski definition) is 1. The molecule has 1 aliphatic heterocycles. The lowest BCUT2D eigenvalue weighted by Crippen LogP contribution is -2.29. The summed E-state index contributed by atoms with van der Waals surface area (Å²) in [5.41, 5.74) is 2.59. The molecule has 1 aromatic carbocycles. The van der Waals surface area contributed by atoms with Crippen molar-refractivity contribution in [3.05, 3.63) is 48.3 Å². The SMILES string of the molecule is Cn1cc(N[C@@H]2CC[C@H]3CN(Cc4ccccc4)C[C@@H]32)cn1. The maximum absolute atomic E-state index is 4.26. The number of hydrogen-bond acceptors (Lipinski definition) is 3. The van der Waals surface area contributed by atoms with Gasteiger partial charge >= 0.3 is 0 Å². The Morgan fingerprint density at radius 2 is 2.05 bits per heavy atom. The first-order chi connectivity index (χ1) is 10.8. The number of anilines is 1. The van der Waals surface area contributed by atoms with Crippen LogP contribution in [0, 0.1) is 11.8 Å². The van der Waals surface area contributed by atoms with Crippen LogP contribution in [0.5, 0.6) is 0 Å². The van der Waals surface area contributed by atoms with Gasteiger partial charge in [0.05, 0.1) is 11.9 Å². The molecule has 0 bridgehead atoms. The van der Waals surface area contributed by atoms with Crippen LogP contribution < -0.4 is 5.32 Å². The molecule has 1 aromatic heterocycles. The summed E-state index contributed by atoms with van der Waals surface area (Å²) in [6.45, 7) is 3.57. The molecule has 22 heavy (non-hydrogen) atoms. The number of aryl methyl sites for hydroxylation is 1. The van der Waals surface area contributed by atoms with Gasteiger partial charge in [0.1, 0.15) is 0 Å². The van der Waals surface area contributed by atoms with E-state index in [2.05, 4.69) is 51.8 Å². The van der Waals surface area contributed by atoms with Gasteiger partial charge < -0.3 is 5.32 Å². The second-order valence-electron chi connectivity index (χ2n) is 6.83. The van der Waals surface area contributed by atoms with E-state index in [1.807, 2.05) is 17.9 Å². The summed E-state index contributed by atoms with van der Waals surface area (Å²) in [6, 6.07) is 11.4. The molecule has 1 N–H and O–H groups in total. The Balaban J connectivity index is 1.38. The highest BCUT2D eigenvalue weighted by Crippen LogP contribution is 2.39. The number of rotatable bonds is 4. The van der Waals surface area contributed by atoms with Gasteiger partial charge in [0.15, 0.2) is 0 Å². The first-order valence-electron chi connectivity index (χ1n) is 8.29. The zero-order chi connectivity index (χ0) is 14.9. The van der Waals surface area contributed by atoms with E-state index in [0.717, 1.165) is 24.1 Å². The average molecular weight is 296 g/mol. The van der Waals surface area contributed by atoms with Crippen molar-refractivity contribution in [2.45, 2.75) is 25.4 Å². The number of aromatic nitrogens is 2. The molecule has 2 fully saturated rings. The maximum atomic E-state index is 4.26. The van der Waals surface area contributed by atoms with E-state index >= 15 is 0 Å². The van der Waals surface area contributed by atoms with Crippen molar-refractivity contribution in [3.8, 4) is 0 Å². The van der Waals surface area contributed by atoms with Crippen LogP contribution in [0.4, 0.5) is 5.69 Å². The van der Waals surface area contributed by atoms with Gasteiger partial charge in [0, 0.05) is 38.9 Å². The third-order valence-corrected chi connectivity index (χ3v) is 5.24. The van der Waals surface area contributed by atoms with Gasteiger partial charge in [0.2, 0.25) is 0 Å². The smallest absolute Gasteiger partial charge is 0.0728 e. The molecule has 1 aliphatic carbocycles. The molecule has 1 saturated carbocycles. The number of fused-ring (bicyclic) bond motifs is 1. The molecule has 3 atom stereocenters. The minimum absolute atomic E-state index is 0.606. The van der Waals surface area contributed by atoms with Crippen LogP contribution in [0.25, 0.3) is 0 Å². The van der Waals surface area contributed by atoms with Crippen molar-refractivity contribution in [2.24, 2.45) is 18.9 Å². The Morgan fingerprint density at radius 3 is 2.82 bits per heavy atom. The van der Waals surface area contributed by atoms with Crippen LogP contribution in [0.2, 0.25) is 0 Å². The second kappa shape index (κ2) is 5.76. The van der Waals surface area contributed by atoms with Crippen LogP contribution in [0.1, 0.15) is 18.4 Å². The van der Waals surface area contributed by atoms with Gasteiger partial charge in [-0.2, -0.15) is 5.10 Å². The van der Waals surface area contributed by atoms with Crippen LogP contribution in [-0.2, 0) is 13.6 Å². The molecule has 2 heterocycles. The summed E-state index contributed by atoms with van der Waals surface area (Å²) in [7, 11) is 1.97. The Hall–Kier alpha value is -1.81. The van der Waals surface area contributed by atoms with Gasteiger partial charge in [-0.3, -0.25) is 9.58 Å². The Kier molecular flexibility index (Phi) is 3.62. The van der Waals surface area contributed by atoms with E-state index in [0.29, 0.717) is 6.04 Å². The standard InChI is InChI=1S/C18H24N4/c1-21-12-16(9-19-21)20-18-8-7-15-11-22(13-17(15)18)10-14-5-3-2-4-6-14/h2-6,9,12,15,17-18,20H,7-8,10-11,13H2,1H3/t15-,17-,18+/m0/s1. The zero-order valence-corrected chi connectivity index (χ0v) is 13.2. The molecule has 0 amide bonds. The summed E-state index contributed by atoms with van der Waals surface area (Å²) in [5.74, 6) is 1.64. The Labute approximate surface area is 132 Å². The lowest BCUT2D eigenvalue weighted by molar-refractivity contribution is 0.300. The first-order valence-corrected chi connectivity index (χ1v) is 8.29. The average Bonchev–Trinajstić information content (AvgIpc) is 3.19. The van der Waals surface area contributed by atoms with E-state index in [9.17, 15) is 0 Å². The summed E-state index contributed by atoms with van der Waals surface area (Å²) in [5, 5.41) is 7.97. The lowest BCUT2D eigenvalue weighted by Gasteiger charge is -2.22. The monoisotopic (exact) mass is 296 g/mol. The van der Waals surface area contributed by atoms with Gasteiger partial charge in [-0.15, -0.1) is 0 Å². The fourth-order valence-corrected chi connectivity index (χ4v) is 4.22. The highest BCUT2D eigenvalue weighted by molar-refractivity contribution is 5.40. The molecule has 4 heteroatoms. The summed E-state index contributed by atoms with van der Waals surface area (Å²) >= 11 is 0. The normalized spacial score (nSPS) is 28.0. The van der Waals surface area contributed by atoms with E-state index in [1.165, 1.54) is 31.5 Å². The van der Waals surface area contributed by atoms with Crippen LogP contribution in [0.15, 0.2) is 42.7 Å². The zero-order valence-electron chi connectivity index (χ0n) is 13.2.